The van der Waals surface area contributed by atoms with Gasteiger partial charge in [-0.05, 0) is 74.6 Å². The second-order valence-electron chi connectivity index (χ2n) is 15.4. The maximum Gasteiger partial charge on any atom is 0.239 e. The molecule has 1 aromatic rings. The highest BCUT2D eigenvalue weighted by molar-refractivity contribution is 6.03. The fourth-order valence-electron chi connectivity index (χ4n) is 9.05. The van der Waals surface area contributed by atoms with Gasteiger partial charge in [-0.1, -0.05) is 101 Å². The predicted molar refractivity (Wildman–Crippen MR) is 217 cm³/mol. The van der Waals surface area contributed by atoms with Crippen LogP contribution in [0.2, 0.25) is 0 Å². The highest BCUT2D eigenvalue weighted by Gasteiger charge is 2.65. The zero-order valence-electron chi connectivity index (χ0n) is 33.7. The van der Waals surface area contributed by atoms with Crippen molar-refractivity contribution >= 4 is 11.6 Å². The van der Waals surface area contributed by atoms with Crippen molar-refractivity contribution in [2.24, 2.45) is 22.9 Å². The van der Waals surface area contributed by atoms with Gasteiger partial charge in [0.2, 0.25) is 11.7 Å². The number of likely N-dealkylation sites (N-methyl/N-ethyl adjacent to an activating group) is 1. The Balaban J connectivity index is 1.79. The molecule has 0 saturated heterocycles. The Labute approximate surface area is 325 Å². The minimum Gasteiger partial charge on any atom is -0.490 e. The van der Waals surface area contributed by atoms with Gasteiger partial charge in [0.25, 0.3) is 0 Å². The first kappa shape index (κ1) is 43.6. The van der Waals surface area contributed by atoms with Crippen LogP contribution in [-0.2, 0) is 14.4 Å². The third-order valence-electron chi connectivity index (χ3n) is 11.7. The van der Waals surface area contributed by atoms with Gasteiger partial charge in [-0.3, -0.25) is 4.79 Å². The van der Waals surface area contributed by atoms with Crippen molar-refractivity contribution in [2.75, 3.05) is 40.1 Å². The van der Waals surface area contributed by atoms with Crippen LogP contribution in [0.5, 0.6) is 11.5 Å². The van der Waals surface area contributed by atoms with Crippen molar-refractivity contribution in [1.29, 1.82) is 0 Å². The highest BCUT2D eigenvalue weighted by atomic mass is 16.7. The summed E-state index contributed by atoms with van der Waals surface area (Å²) in [5.41, 5.74) is 2.92. The average Bonchev–Trinajstić information content (AvgIpc) is 3.18. The quantitative estimate of drug-likeness (QED) is 0.0524. The smallest absolute Gasteiger partial charge is 0.239 e. The molecule has 1 aliphatic heterocycles. The van der Waals surface area contributed by atoms with Crippen molar-refractivity contribution in [3.05, 3.63) is 60.7 Å². The van der Waals surface area contributed by atoms with Crippen molar-refractivity contribution in [1.82, 2.24) is 4.90 Å². The van der Waals surface area contributed by atoms with Crippen molar-refractivity contribution in [3.63, 3.8) is 0 Å². The molecule has 6 unspecified atom stereocenters. The molecule has 9 nitrogen and oxygen atoms in total. The number of unbranched alkanes of at least 4 members (excludes halogenated alkanes) is 10. The van der Waals surface area contributed by atoms with E-state index in [-0.39, 0.29) is 49.4 Å². The maximum absolute atomic E-state index is 14.2. The highest BCUT2D eigenvalue weighted by Crippen LogP contribution is 2.61. The van der Waals surface area contributed by atoms with E-state index in [1.807, 2.05) is 31.0 Å². The molecule has 2 N–H and O–H groups in total. The number of fused-ring (bicyclic) bond motifs is 2. The number of carbonyl (C=O) groups excluding carboxylic acids is 1. The molecule has 3 aliphatic rings. The monoisotopic (exact) mass is 751 g/mol. The summed E-state index contributed by atoms with van der Waals surface area (Å²) in [7, 11) is 1.89. The Bertz CT molecular complexity index is 1380. The van der Waals surface area contributed by atoms with Crippen LogP contribution < -0.4 is 9.47 Å². The third-order valence-corrected chi connectivity index (χ3v) is 11.7. The lowest BCUT2D eigenvalue weighted by molar-refractivity contribution is -0.255. The lowest BCUT2D eigenvalue weighted by Crippen LogP contribution is -2.69. The van der Waals surface area contributed by atoms with Gasteiger partial charge in [-0.2, -0.15) is 0 Å². The van der Waals surface area contributed by atoms with Crippen LogP contribution in [0.1, 0.15) is 134 Å². The number of benzene rings is 1. The topological polar surface area (TPSA) is 110 Å². The van der Waals surface area contributed by atoms with E-state index in [1.54, 1.807) is 12.2 Å². The van der Waals surface area contributed by atoms with E-state index in [0.29, 0.717) is 32.5 Å². The number of aliphatic hydroxyl groups is 2. The molecule has 302 valence electrons. The molecule has 1 fully saturated rings. The number of amides is 1. The zero-order chi connectivity index (χ0) is 38.8. The molecule has 1 amide bonds. The number of nitrogens with zero attached hydrogens (tertiary/aromatic N) is 2. The Morgan fingerprint density at radius 3 is 2.30 bits per heavy atom. The van der Waals surface area contributed by atoms with Crippen LogP contribution in [0.4, 0.5) is 0 Å². The molecule has 1 saturated carbocycles. The van der Waals surface area contributed by atoms with E-state index < -0.39 is 11.8 Å². The average molecular weight is 751 g/mol. The van der Waals surface area contributed by atoms with Gasteiger partial charge in [0, 0.05) is 44.6 Å². The van der Waals surface area contributed by atoms with E-state index >= 15 is 0 Å². The molecule has 0 aromatic heterocycles. The molecule has 54 heavy (non-hydrogen) atoms. The van der Waals surface area contributed by atoms with Gasteiger partial charge < -0.3 is 34.2 Å². The summed E-state index contributed by atoms with van der Waals surface area (Å²) in [6.45, 7) is 13.4. The van der Waals surface area contributed by atoms with Crippen LogP contribution in [-0.4, -0.2) is 78.6 Å². The normalized spacial score (nSPS) is 24.9. The summed E-state index contributed by atoms with van der Waals surface area (Å²) in [4.78, 5) is 21.8. The molecule has 9 heteroatoms. The molecular formula is C45H70N2O7. The minimum absolute atomic E-state index is 0.0703. The number of hydrogen-bond acceptors (Lipinski definition) is 8. The van der Waals surface area contributed by atoms with E-state index in [1.165, 1.54) is 38.5 Å². The van der Waals surface area contributed by atoms with Crippen LogP contribution in [0.25, 0.3) is 0 Å². The number of carbonyl (C=O) groups is 1. The summed E-state index contributed by atoms with van der Waals surface area (Å²) in [6, 6.07) is 5.54. The van der Waals surface area contributed by atoms with E-state index in [4.69, 9.17) is 24.2 Å². The van der Waals surface area contributed by atoms with Crippen LogP contribution in [0.3, 0.4) is 0 Å². The van der Waals surface area contributed by atoms with Gasteiger partial charge in [0.15, 0.2) is 0 Å². The fraction of sp³-hybridized carbons (Fsp3) is 0.689. The standard InChI is InChI=1S/C45H70N2O7/c1-6-10-11-12-13-14-15-16-17-24-42(50)47(5)41-33-39(46-53-9-4)37-31-34(22-18-20-27-48)36(23-19-21-28-49)43-38-32-35(51-29-7-2)25-26-40(38)54-45(41,44(37)43)52-30-8-3/h7-8,25-26,31-32,34,36,41,43-44,48-49H,2-3,6,9-24,27-30,33H2,1,4-5H3. The first-order valence-corrected chi connectivity index (χ1v) is 21.1. The lowest BCUT2D eigenvalue weighted by Gasteiger charge is -2.59. The van der Waals surface area contributed by atoms with Crippen molar-refractivity contribution < 1.29 is 34.1 Å². The van der Waals surface area contributed by atoms with E-state index in [0.717, 1.165) is 79.7 Å². The largest absolute Gasteiger partial charge is 0.490 e. The van der Waals surface area contributed by atoms with Gasteiger partial charge >= 0.3 is 0 Å². The van der Waals surface area contributed by atoms with Crippen LogP contribution >= 0.6 is 0 Å². The first-order chi connectivity index (χ1) is 26.4. The molecule has 0 spiro atoms. The van der Waals surface area contributed by atoms with Crippen LogP contribution in [0, 0.1) is 17.8 Å². The molecule has 1 heterocycles. The predicted octanol–water partition coefficient (Wildman–Crippen LogP) is 9.28. The Hall–Kier alpha value is -3.14. The van der Waals surface area contributed by atoms with Crippen molar-refractivity contribution in [3.8, 4) is 11.5 Å². The van der Waals surface area contributed by atoms with Gasteiger partial charge in [-0.15, -0.1) is 6.58 Å². The second kappa shape index (κ2) is 23.1. The second-order valence-corrected chi connectivity index (χ2v) is 15.4. The number of allylic oxidation sites excluding steroid dienone is 1. The Morgan fingerprint density at radius 1 is 0.944 bits per heavy atom. The summed E-state index contributed by atoms with van der Waals surface area (Å²) >= 11 is 0. The zero-order valence-corrected chi connectivity index (χ0v) is 33.7. The number of aliphatic hydroxyl groups excluding tert-OH is 2. The molecule has 0 bridgehead atoms. The summed E-state index contributed by atoms with van der Waals surface area (Å²) < 4.78 is 20.3. The number of oxime groups is 1. The molecular weight excluding hydrogens is 681 g/mol. The summed E-state index contributed by atoms with van der Waals surface area (Å²) in [5.74, 6) is 0.286. The molecule has 1 aromatic carbocycles. The van der Waals surface area contributed by atoms with E-state index in [2.05, 4.69) is 32.2 Å². The molecule has 6 atom stereocenters. The lowest BCUT2D eigenvalue weighted by atomic mass is 9.55. The molecule has 4 rings (SSSR count). The van der Waals surface area contributed by atoms with Crippen molar-refractivity contribution in [2.45, 2.75) is 141 Å². The Kier molecular flexibility index (Phi) is 18.6. The van der Waals surface area contributed by atoms with E-state index in [9.17, 15) is 15.0 Å². The molecule has 2 aliphatic carbocycles. The van der Waals surface area contributed by atoms with Crippen LogP contribution in [0.15, 0.2) is 60.3 Å². The fourth-order valence-corrected chi connectivity index (χ4v) is 9.05. The maximum atomic E-state index is 14.2. The Morgan fingerprint density at radius 2 is 1.63 bits per heavy atom. The first-order valence-electron chi connectivity index (χ1n) is 21.1. The number of hydrogen-bond donors (Lipinski definition) is 2. The summed E-state index contributed by atoms with van der Waals surface area (Å²) in [5, 5.41) is 24.3. The third kappa shape index (κ3) is 11.0. The van der Waals surface area contributed by atoms with Gasteiger partial charge in [0.1, 0.15) is 30.8 Å². The van der Waals surface area contributed by atoms with Gasteiger partial charge in [-0.25, -0.2) is 0 Å². The summed E-state index contributed by atoms with van der Waals surface area (Å²) in [6.07, 6.45) is 22.5. The number of rotatable bonds is 27. The minimum atomic E-state index is -1.22. The van der Waals surface area contributed by atoms with Gasteiger partial charge in [0.05, 0.1) is 18.2 Å². The number of ether oxygens (including phenoxy) is 3. The SMILES string of the molecule is C=CCOc1ccc2c(c1)C1C(CCCCO)C(CCCCO)C=C3C(=NOCC)CC(N(C)C(=O)CCCCCCCCCCC)C(OCC=C)(O2)C31. The molecule has 0 radical (unpaired) electrons.